The Labute approximate surface area is 111 Å². The number of carbonyl (C=O) groups excluding carboxylic acids is 1. The van der Waals surface area contributed by atoms with Crippen LogP contribution >= 0.6 is 0 Å². The Morgan fingerprint density at radius 2 is 2.37 bits per heavy atom. The molecule has 1 aromatic heterocycles. The average molecular weight is 266 g/mol. The van der Waals surface area contributed by atoms with Gasteiger partial charge in [0.15, 0.2) is 0 Å². The number of nitrogens with zero attached hydrogens (tertiary/aromatic N) is 1. The first kappa shape index (κ1) is 13.8. The highest BCUT2D eigenvalue weighted by atomic mass is 16.5. The monoisotopic (exact) mass is 266 g/mol. The van der Waals surface area contributed by atoms with E-state index in [0.29, 0.717) is 18.7 Å². The fourth-order valence-electron chi connectivity index (χ4n) is 2.31. The highest BCUT2D eigenvalue weighted by Gasteiger charge is 2.35. The number of aromatic nitrogens is 1. The van der Waals surface area contributed by atoms with Gasteiger partial charge in [0.05, 0.1) is 18.3 Å². The van der Waals surface area contributed by atoms with Gasteiger partial charge in [-0.2, -0.15) is 0 Å². The summed E-state index contributed by atoms with van der Waals surface area (Å²) in [5.74, 6) is -0.221. The maximum absolute atomic E-state index is 12.3. The van der Waals surface area contributed by atoms with Gasteiger partial charge in [-0.25, -0.2) is 0 Å². The zero-order valence-electron chi connectivity index (χ0n) is 11.0. The minimum absolute atomic E-state index is 0.136. The van der Waals surface area contributed by atoms with Gasteiger partial charge in [0, 0.05) is 30.9 Å². The third kappa shape index (κ3) is 3.21. The van der Waals surface area contributed by atoms with E-state index in [1.165, 1.54) is 12.3 Å². The lowest BCUT2D eigenvalue weighted by atomic mass is 10.0. The lowest BCUT2D eigenvalue weighted by Crippen LogP contribution is -2.55. The fourth-order valence-corrected chi connectivity index (χ4v) is 2.31. The van der Waals surface area contributed by atoms with Crippen molar-refractivity contribution >= 4 is 5.91 Å². The Bertz CT molecular complexity index is 523. The topological polar surface area (TPSA) is 82.6 Å². The summed E-state index contributed by atoms with van der Waals surface area (Å²) in [5, 5.41) is 9.22. The highest BCUT2D eigenvalue weighted by Crippen LogP contribution is 2.22. The van der Waals surface area contributed by atoms with Crippen LogP contribution in [0.4, 0.5) is 0 Å². The van der Waals surface area contributed by atoms with Crippen molar-refractivity contribution in [2.24, 2.45) is 0 Å². The molecule has 1 atom stereocenters. The number of carbonyl (C=O) groups is 1. The van der Waals surface area contributed by atoms with Crippen molar-refractivity contribution < 1.29 is 14.6 Å². The molecule has 2 N–H and O–H groups in total. The van der Waals surface area contributed by atoms with Crippen LogP contribution in [0.5, 0.6) is 0 Å². The van der Waals surface area contributed by atoms with Gasteiger partial charge in [0.1, 0.15) is 0 Å². The van der Waals surface area contributed by atoms with Gasteiger partial charge in [-0.05, 0) is 19.9 Å². The number of aromatic amines is 1. The third-order valence-electron chi connectivity index (χ3n) is 2.99. The van der Waals surface area contributed by atoms with Gasteiger partial charge >= 0.3 is 0 Å². The number of pyridine rings is 1. The van der Waals surface area contributed by atoms with Crippen LogP contribution < -0.4 is 5.56 Å². The first-order valence-corrected chi connectivity index (χ1v) is 6.18. The summed E-state index contributed by atoms with van der Waals surface area (Å²) >= 11 is 0. The highest BCUT2D eigenvalue weighted by molar-refractivity contribution is 5.94. The predicted molar refractivity (Wildman–Crippen MR) is 69.0 cm³/mol. The van der Waals surface area contributed by atoms with Crippen molar-refractivity contribution in [3.05, 3.63) is 34.2 Å². The van der Waals surface area contributed by atoms with Crippen LogP contribution in [0.25, 0.3) is 0 Å². The number of amides is 1. The molecule has 1 unspecified atom stereocenters. The number of hydrogen-bond acceptors (Lipinski definition) is 4. The number of nitrogens with one attached hydrogen (secondary N) is 1. The summed E-state index contributed by atoms with van der Waals surface area (Å²) in [6.07, 6.45) is 1.06. The minimum Gasteiger partial charge on any atom is -0.394 e. The molecule has 1 fully saturated rings. The van der Waals surface area contributed by atoms with Crippen LogP contribution in [0.3, 0.4) is 0 Å². The molecule has 0 radical (unpaired) electrons. The van der Waals surface area contributed by atoms with Gasteiger partial charge in [-0.1, -0.05) is 0 Å². The third-order valence-corrected chi connectivity index (χ3v) is 2.99. The number of H-pyrrole nitrogens is 1. The molecule has 1 saturated heterocycles. The Balaban J connectivity index is 2.21. The van der Waals surface area contributed by atoms with E-state index in [9.17, 15) is 14.7 Å². The Hall–Kier alpha value is -1.66. The largest absolute Gasteiger partial charge is 0.394 e. The first-order valence-electron chi connectivity index (χ1n) is 6.18. The molecule has 1 amide bonds. The van der Waals surface area contributed by atoms with Crippen molar-refractivity contribution in [2.45, 2.75) is 25.6 Å². The van der Waals surface area contributed by atoms with E-state index in [0.717, 1.165) is 0 Å². The maximum atomic E-state index is 12.3. The van der Waals surface area contributed by atoms with E-state index < -0.39 is 11.7 Å². The molecule has 0 aromatic carbocycles. The Kier molecular flexibility index (Phi) is 3.73. The second-order valence-electron chi connectivity index (χ2n) is 5.31. The van der Waals surface area contributed by atoms with E-state index >= 15 is 0 Å². The van der Waals surface area contributed by atoms with Crippen molar-refractivity contribution in [1.29, 1.82) is 0 Å². The van der Waals surface area contributed by atoms with Crippen LogP contribution in [0.1, 0.15) is 24.2 Å². The summed E-state index contributed by atoms with van der Waals surface area (Å²) in [7, 11) is 0. The Morgan fingerprint density at radius 3 is 3.00 bits per heavy atom. The van der Waals surface area contributed by atoms with Crippen LogP contribution in [-0.4, -0.2) is 52.3 Å². The van der Waals surface area contributed by atoms with Crippen LogP contribution in [-0.2, 0) is 4.74 Å². The second kappa shape index (κ2) is 5.14. The SMILES string of the molecule is CC1(C)CN(C(=O)c2cc[nH]c(=O)c2)CC(CO)O1. The summed E-state index contributed by atoms with van der Waals surface area (Å²) in [6, 6.07) is 2.85. The fraction of sp³-hybridized carbons (Fsp3) is 0.538. The predicted octanol–water partition coefficient (Wildman–Crippen LogP) is -0.0132. The van der Waals surface area contributed by atoms with Crippen molar-refractivity contribution in [3.8, 4) is 0 Å². The molecule has 0 bridgehead atoms. The van der Waals surface area contributed by atoms with E-state index in [1.807, 2.05) is 13.8 Å². The van der Waals surface area contributed by atoms with E-state index in [1.54, 1.807) is 11.0 Å². The van der Waals surface area contributed by atoms with Crippen molar-refractivity contribution in [1.82, 2.24) is 9.88 Å². The molecule has 2 rings (SSSR count). The van der Waals surface area contributed by atoms with Crippen LogP contribution in [0, 0.1) is 0 Å². The molecule has 0 aliphatic carbocycles. The summed E-state index contributed by atoms with van der Waals surface area (Å²) in [6.45, 7) is 4.35. The maximum Gasteiger partial charge on any atom is 0.254 e. The van der Waals surface area contributed by atoms with E-state index in [2.05, 4.69) is 4.98 Å². The molecule has 1 aromatic rings. The van der Waals surface area contributed by atoms with Crippen molar-refractivity contribution in [3.63, 3.8) is 0 Å². The zero-order valence-corrected chi connectivity index (χ0v) is 11.0. The normalized spacial score (nSPS) is 22.3. The molecular weight excluding hydrogens is 248 g/mol. The number of rotatable bonds is 2. The Morgan fingerprint density at radius 1 is 1.63 bits per heavy atom. The number of ether oxygens (including phenoxy) is 1. The quantitative estimate of drug-likeness (QED) is 0.788. The molecule has 2 heterocycles. The zero-order chi connectivity index (χ0) is 14.0. The first-order chi connectivity index (χ1) is 8.91. The molecule has 6 nitrogen and oxygen atoms in total. The lowest BCUT2D eigenvalue weighted by molar-refractivity contribution is -0.139. The molecule has 0 saturated carbocycles. The van der Waals surface area contributed by atoms with Gasteiger partial charge in [-0.15, -0.1) is 0 Å². The summed E-state index contributed by atoms with van der Waals surface area (Å²) in [4.78, 5) is 27.7. The molecule has 104 valence electrons. The van der Waals surface area contributed by atoms with Crippen LogP contribution in [0.15, 0.2) is 23.1 Å². The molecule has 6 heteroatoms. The molecule has 1 aliphatic rings. The van der Waals surface area contributed by atoms with Gasteiger partial charge in [-0.3, -0.25) is 9.59 Å². The van der Waals surface area contributed by atoms with Crippen LogP contribution in [0.2, 0.25) is 0 Å². The molecular formula is C13H18N2O4. The van der Waals surface area contributed by atoms with E-state index in [4.69, 9.17) is 4.74 Å². The molecule has 19 heavy (non-hydrogen) atoms. The number of morpholine rings is 1. The molecule has 1 aliphatic heterocycles. The van der Waals surface area contributed by atoms with Gasteiger partial charge in [0.2, 0.25) is 5.56 Å². The van der Waals surface area contributed by atoms with E-state index in [-0.39, 0.29) is 18.1 Å². The average Bonchev–Trinajstić information content (AvgIpc) is 2.36. The number of hydrogen-bond donors (Lipinski definition) is 2. The van der Waals surface area contributed by atoms with Gasteiger partial charge in [0.25, 0.3) is 5.91 Å². The smallest absolute Gasteiger partial charge is 0.254 e. The summed E-state index contributed by atoms with van der Waals surface area (Å²) in [5.41, 5.74) is -0.474. The van der Waals surface area contributed by atoms with Gasteiger partial charge < -0.3 is 19.7 Å². The number of aliphatic hydroxyl groups excluding tert-OH is 1. The molecule has 0 spiro atoms. The number of aliphatic hydroxyl groups is 1. The lowest BCUT2D eigenvalue weighted by Gasteiger charge is -2.42. The van der Waals surface area contributed by atoms with Crippen molar-refractivity contribution in [2.75, 3.05) is 19.7 Å². The summed E-state index contributed by atoms with van der Waals surface area (Å²) < 4.78 is 5.65. The second-order valence-corrected chi connectivity index (χ2v) is 5.31. The minimum atomic E-state index is -0.511. The standard InChI is InChI=1S/C13H18N2O4/c1-13(2)8-15(6-10(7-16)19-13)12(18)9-3-4-14-11(17)5-9/h3-5,10,16H,6-8H2,1-2H3,(H,14,17).